The van der Waals surface area contributed by atoms with Crippen LogP contribution in [0.3, 0.4) is 0 Å². The fourth-order valence-corrected chi connectivity index (χ4v) is 4.43. The molecule has 2 atom stereocenters. The van der Waals surface area contributed by atoms with E-state index < -0.39 is 16.1 Å². The van der Waals surface area contributed by atoms with E-state index in [0.717, 1.165) is 11.3 Å². The molecule has 1 aromatic carbocycles. The fourth-order valence-electron chi connectivity index (χ4n) is 3.27. The molecule has 7 nitrogen and oxygen atoms in total. The van der Waals surface area contributed by atoms with Crippen LogP contribution in [0.25, 0.3) is 5.69 Å². The molecule has 0 bridgehead atoms. The van der Waals surface area contributed by atoms with Crippen LogP contribution in [0, 0.1) is 12.8 Å². The first-order chi connectivity index (χ1) is 12.2. The van der Waals surface area contributed by atoms with Crippen LogP contribution in [-0.2, 0) is 16.6 Å². The monoisotopic (exact) mass is 378 g/mol. The lowest BCUT2D eigenvalue weighted by Crippen LogP contribution is -2.33. The number of nitrogens with zero attached hydrogens (tertiary/aromatic N) is 4. The molecule has 1 saturated heterocycles. The van der Waals surface area contributed by atoms with Crippen molar-refractivity contribution < 1.29 is 13.5 Å². The summed E-state index contributed by atoms with van der Waals surface area (Å²) in [5.41, 5.74) is 3.22. The van der Waals surface area contributed by atoms with Gasteiger partial charge in [-0.25, -0.2) is 17.4 Å². The van der Waals surface area contributed by atoms with Crippen LogP contribution in [-0.4, -0.2) is 71.6 Å². The average molecular weight is 378 g/mol. The van der Waals surface area contributed by atoms with Gasteiger partial charge in [0.05, 0.1) is 23.7 Å². The fraction of sp³-hybridized carbons (Fsp3) is 0.500. The highest BCUT2D eigenvalue weighted by Crippen LogP contribution is 2.22. The maximum Gasteiger partial charge on any atom is 0.214 e. The van der Waals surface area contributed by atoms with E-state index in [1.807, 2.05) is 42.2 Å². The zero-order valence-corrected chi connectivity index (χ0v) is 16.2. The number of hydrogen-bond donors (Lipinski definition) is 1. The predicted molar refractivity (Wildman–Crippen MR) is 101 cm³/mol. The molecule has 1 fully saturated rings. The molecule has 26 heavy (non-hydrogen) atoms. The minimum atomic E-state index is -3.32. The second-order valence-corrected chi connectivity index (χ2v) is 9.44. The van der Waals surface area contributed by atoms with E-state index in [1.165, 1.54) is 24.0 Å². The Balaban J connectivity index is 1.64. The van der Waals surface area contributed by atoms with Gasteiger partial charge in [0.25, 0.3) is 0 Å². The number of β-amino-alcohol motifs (C(OH)–C–C–N with tert-alkyl or cyclic N) is 1. The molecule has 0 amide bonds. The number of benzene rings is 1. The first kappa shape index (κ1) is 19.0. The molecule has 3 rings (SSSR count). The number of hydrogen-bond acceptors (Lipinski definition) is 5. The van der Waals surface area contributed by atoms with Crippen molar-refractivity contribution in [2.24, 2.45) is 5.92 Å². The molecule has 1 aromatic heterocycles. The Morgan fingerprint density at radius 3 is 2.77 bits per heavy atom. The zero-order valence-electron chi connectivity index (χ0n) is 15.4. The zero-order chi connectivity index (χ0) is 18.9. The van der Waals surface area contributed by atoms with Gasteiger partial charge in [-0.1, -0.05) is 12.1 Å². The van der Waals surface area contributed by atoms with E-state index in [0.29, 0.717) is 19.6 Å². The molecule has 0 aliphatic carbocycles. The molecule has 1 aliphatic heterocycles. The largest absolute Gasteiger partial charge is 0.391 e. The van der Waals surface area contributed by atoms with Crippen molar-refractivity contribution in [2.45, 2.75) is 19.6 Å². The van der Waals surface area contributed by atoms with Gasteiger partial charge in [-0.15, -0.1) is 0 Å². The van der Waals surface area contributed by atoms with Crippen LogP contribution >= 0.6 is 0 Å². The topological polar surface area (TPSA) is 78.7 Å². The van der Waals surface area contributed by atoms with Gasteiger partial charge in [0.2, 0.25) is 10.0 Å². The van der Waals surface area contributed by atoms with Crippen LogP contribution in [0.4, 0.5) is 0 Å². The second kappa shape index (κ2) is 7.48. The van der Waals surface area contributed by atoms with Crippen LogP contribution in [0.1, 0.15) is 11.1 Å². The molecule has 142 valence electrons. The summed E-state index contributed by atoms with van der Waals surface area (Å²) >= 11 is 0. The molecule has 0 spiro atoms. The van der Waals surface area contributed by atoms with Crippen molar-refractivity contribution in [1.29, 1.82) is 0 Å². The smallest absolute Gasteiger partial charge is 0.214 e. The maximum absolute atomic E-state index is 12.1. The molecule has 1 aliphatic rings. The van der Waals surface area contributed by atoms with Crippen molar-refractivity contribution in [3.63, 3.8) is 0 Å². The minimum absolute atomic E-state index is 0.0276. The third-order valence-corrected chi connectivity index (χ3v) is 6.73. The summed E-state index contributed by atoms with van der Waals surface area (Å²) in [7, 11) is -0.273. The molecule has 2 heterocycles. The predicted octanol–water partition coefficient (Wildman–Crippen LogP) is 0.865. The first-order valence-corrected chi connectivity index (χ1v) is 10.3. The number of aliphatic hydroxyl groups is 1. The summed E-state index contributed by atoms with van der Waals surface area (Å²) in [4.78, 5) is 2.08. The lowest BCUT2D eigenvalue weighted by molar-refractivity contribution is 0.148. The van der Waals surface area contributed by atoms with Crippen molar-refractivity contribution in [3.8, 4) is 5.69 Å². The van der Waals surface area contributed by atoms with E-state index in [9.17, 15) is 13.5 Å². The first-order valence-electron chi connectivity index (χ1n) is 8.66. The number of likely N-dealkylation sites (tertiary alicyclic amines) is 1. The van der Waals surface area contributed by atoms with Crippen LogP contribution < -0.4 is 0 Å². The van der Waals surface area contributed by atoms with Gasteiger partial charge in [0.1, 0.15) is 0 Å². The normalized spacial score (nSPS) is 21.6. The third-order valence-electron chi connectivity index (χ3n) is 4.77. The van der Waals surface area contributed by atoms with Crippen LogP contribution in [0.2, 0.25) is 0 Å². The highest BCUT2D eigenvalue weighted by Gasteiger charge is 2.35. The quantitative estimate of drug-likeness (QED) is 0.807. The van der Waals surface area contributed by atoms with Crippen molar-refractivity contribution in [3.05, 3.63) is 47.8 Å². The van der Waals surface area contributed by atoms with Gasteiger partial charge in [0.15, 0.2) is 0 Å². The number of aromatic nitrogens is 2. The lowest BCUT2D eigenvalue weighted by Gasteiger charge is -2.17. The molecule has 8 heteroatoms. The highest BCUT2D eigenvalue weighted by molar-refractivity contribution is 7.89. The summed E-state index contributed by atoms with van der Waals surface area (Å²) in [5.74, 6) is -0.297. The van der Waals surface area contributed by atoms with E-state index in [2.05, 4.69) is 16.1 Å². The standard InChI is InChI=1S/C18H26N4O3S/c1-14-5-4-6-17(7-14)22-10-15(8-19-22)9-21-11-16(18(23)12-21)13-26(24,25)20(2)3/h4-8,10,16,18,23H,9,11-13H2,1-3H3/t16-,18+/m0/s1. The van der Waals surface area contributed by atoms with E-state index in [-0.39, 0.29) is 11.7 Å². The average Bonchev–Trinajstić information content (AvgIpc) is 3.14. The molecule has 0 unspecified atom stereocenters. The van der Waals surface area contributed by atoms with Crippen molar-refractivity contribution >= 4 is 10.0 Å². The van der Waals surface area contributed by atoms with E-state index >= 15 is 0 Å². The Hall–Kier alpha value is -1.74. The highest BCUT2D eigenvalue weighted by atomic mass is 32.2. The van der Waals surface area contributed by atoms with Gasteiger partial charge in [-0.05, 0) is 24.6 Å². The number of aryl methyl sites for hydroxylation is 1. The Labute approximate surface area is 154 Å². The van der Waals surface area contributed by atoms with E-state index in [1.54, 1.807) is 0 Å². The maximum atomic E-state index is 12.1. The Kier molecular flexibility index (Phi) is 5.47. The Bertz CT molecular complexity index is 863. The summed E-state index contributed by atoms with van der Waals surface area (Å²) in [6.07, 6.45) is 3.17. The molecular formula is C18H26N4O3S. The third kappa shape index (κ3) is 4.32. The molecule has 2 aromatic rings. The molecule has 0 saturated carbocycles. The number of rotatable bonds is 6. The van der Waals surface area contributed by atoms with Gasteiger partial charge >= 0.3 is 0 Å². The Morgan fingerprint density at radius 1 is 1.31 bits per heavy atom. The van der Waals surface area contributed by atoms with Gasteiger partial charge < -0.3 is 5.11 Å². The van der Waals surface area contributed by atoms with Gasteiger partial charge in [0, 0.05) is 51.4 Å². The summed E-state index contributed by atoms with van der Waals surface area (Å²) in [6.45, 7) is 3.72. The summed E-state index contributed by atoms with van der Waals surface area (Å²) in [6, 6.07) is 8.12. The number of aliphatic hydroxyl groups excluding tert-OH is 1. The summed E-state index contributed by atoms with van der Waals surface area (Å²) in [5, 5.41) is 14.7. The SMILES string of the molecule is Cc1cccc(-n2cc(CN3C[C@@H](CS(=O)(=O)N(C)C)[C@H](O)C3)cn2)c1. The van der Waals surface area contributed by atoms with Gasteiger partial charge in [-0.3, -0.25) is 4.90 Å². The molecule has 1 N–H and O–H groups in total. The lowest BCUT2D eigenvalue weighted by atomic mass is 10.1. The van der Waals surface area contributed by atoms with Crippen LogP contribution in [0.15, 0.2) is 36.7 Å². The van der Waals surface area contributed by atoms with Crippen LogP contribution in [0.5, 0.6) is 0 Å². The van der Waals surface area contributed by atoms with Crippen molar-refractivity contribution in [2.75, 3.05) is 32.9 Å². The molecule has 0 radical (unpaired) electrons. The second-order valence-electron chi connectivity index (χ2n) is 7.21. The summed E-state index contributed by atoms with van der Waals surface area (Å²) < 4.78 is 27.2. The van der Waals surface area contributed by atoms with Crippen molar-refractivity contribution in [1.82, 2.24) is 19.0 Å². The van der Waals surface area contributed by atoms with Gasteiger partial charge in [-0.2, -0.15) is 5.10 Å². The number of sulfonamides is 1. The Morgan fingerprint density at radius 2 is 2.08 bits per heavy atom. The molecular weight excluding hydrogens is 352 g/mol. The minimum Gasteiger partial charge on any atom is -0.391 e. The van der Waals surface area contributed by atoms with E-state index in [4.69, 9.17) is 0 Å².